The third-order valence-corrected chi connectivity index (χ3v) is 4.94. The van der Waals surface area contributed by atoms with Crippen molar-refractivity contribution in [3.63, 3.8) is 0 Å². The van der Waals surface area contributed by atoms with Crippen molar-refractivity contribution in [2.45, 2.75) is 59.4 Å². The maximum atomic E-state index is 5.86. The lowest BCUT2D eigenvalue weighted by Gasteiger charge is -2.22. The molecule has 3 rings (SSSR count). The average Bonchev–Trinajstić information content (AvgIpc) is 3.01. The molecule has 0 fully saturated rings. The summed E-state index contributed by atoms with van der Waals surface area (Å²) >= 11 is 0. The number of hydrogen-bond acceptors (Lipinski definition) is 2. The molecule has 0 N–H and O–H groups in total. The van der Waals surface area contributed by atoms with E-state index in [1.54, 1.807) is 0 Å². The van der Waals surface area contributed by atoms with Gasteiger partial charge in [-0.15, -0.1) is 0 Å². The van der Waals surface area contributed by atoms with Crippen LogP contribution in [0.1, 0.15) is 55.6 Å². The van der Waals surface area contributed by atoms with Crippen LogP contribution in [0.5, 0.6) is 5.75 Å². The Morgan fingerprint density at radius 3 is 2.67 bits per heavy atom. The number of nitrogens with zero attached hydrogens (tertiary/aromatic N) is 2. The van der Waals surface area contributed by atoms with Crippen LogP contribution >= 0.6 is 0 Å². The standard InChI is InChI=1S/C21H28N2O/c1-4-17(15-23-13-12-22-16(23)3)14-18-10-11-21(24-5-2)20-9-7-6-8-19(18)20/h10-14H,4-9,15H2,1-3H3/b17-14+. The molecule has 1 aromatic heterocycles. The zero-order valence-corrected chi connectivity index (χ0v) is 15.1. The van der Waals surface area contributed by atoms with Gasteiger partial charge in [-0.3, -0.25) is 0 Å². The summed E-state index contributed by atoms with van der Waals surface area (Å²) in [5.74, 6) is 2.16. The summed E-state index contributed by atoms with van der Waals surface area (Å²) in [5.41, 5.74) is 5.75. The molecular formula is C21H28N2O. The average molecular weight is 324 g/mol. The zero-order valence-electron chi connectivity index (χ0n) is 15.1. The lowest BCUT2D eigenvalue weighted by Crippen LogP contribution is -2.08. The van der Waals surface area contributed by atoms with E-state index < -0.39 is 0 Å². The van der Waals surface area contributed by atoms with Crippen molar-refractivity contribution < 1.29 is 4.74 Å². The Kier molecular flexibility index (Phi) is 5.39. The molecule has 0 saturated heterocycles. The second kappa shape index (κ2) is 7.69. The van der Waals surface area contributed by atoms with E-state index in [-0.39, 0.29) is 0 Å². The van der Waals surface area contributed by atoms with Crippen LogP contribution < -0.4 is 4.74 Å². The summed E-state index contributed by atoms with van der Waals surface area (Å²) in [4.78, 5) is 4.33. The number of fused-ring (bicyclic) bond motifs is 1. The van der Waals surface area contributed by atoms with Crippen molar-refractivity contribution in [1.29, 1.82) is 0 Å². The van der Waals surface area contributed by atoms with Gasteiger partial charge in [0.1, 0.15) is 11.6 Å². The number of rotatable bonds is 6. The molecule has 0 radical (unpaired) electrons. The second-order valence-corrected chi connectivity index (χ2v) is 6.51. The van der Waals surface area contributed by atoms with Gasteiger partial charge in [-0.1, -0.05) is 24.6 Å². The summed E-state index contributed by atoms with van der Waals surface area (Å²) in [6.45, 7) is 8.02. The Labute approximate surface area is 145 Å². The van der Waals surface area contributed by atoms with E-state index in [0.29, 0.717) is 0 Å². The summed E-state index contributed by atoms with van der Waals surface area (Å²) in [6.07, 6.45) is 12.3. The van der Waals surface area contributed by atoms with E-state index in [0.717, 1.165) is 37.6 Å². The van der Waals surface area contributed by atoms with E-state index in [1.807, 2.05) is 6.20 Å². The van der Waals surface area contributed by atoms with Crippen molar-refractivity contribution in [1.82, 2.24) is 9.55 Å². The molecule has 1 aliphatic carbocycles. The Balaban J connectivity index is 1.94. The van der Waals surface area contributed by atoms with Crippen molar-refractivity contribution in [3.05, 3.63) is 52.6 Å². The topological polar surface area (TPSA) is 27.1 Å². The molecule has 1 heterocycles. The van der Waals surface area contributed by atoms with Gasteiger partial charge in [0.25, 0.3) is 0 Å². The monoisotopic (exact) mass is 324 g/mol. The van der Waals surface area contributed by atoms with E-state index in [1.165, 1.54) is 41.5 Å². The van der Waals surface area contributed by atoms with E-state index in [4.69, 9.17) is 4.74 Å². The zero-order chi connectivity index (χ0) is 16.9. The molecular weight excluding hydrogens is 296 g/mol. The smallest absolute Gasteiger partial charge is 0.122 e. The molecule has 0 amide bonds. The maximum Gasteiger partial charge on any atom is 0.122 e. The third kappa shape index (κ3) is 3.55. The number of hydrogen-bond donors (Lipinski definition) is 0. The fourth-order valence-corrected chi connectivity index (χ4v) is 3.56. The fraction of sp³-hybridized carbons (Fsp3) is 0.476. The summed E-state index contributed by atoms with van der Waals surface area (Å²) in [5, 5.41) is 0. The van der Waals surface area contributed by atoms with Crippen molar-refractivity contribution in [3.8, 4) is 5.75 Å². The van der Waals surface area contributed by atoms with Crippen molar-refractivity contribution >= 4 is 6.08 Å². The third-order valence-electron chi connectivity index (χ3n) is 4.94. The minimum absolute atomic E-state index is 0.738. The van der Waals surface area contributed by atoms with E-state index in [9.17, 15) is 0 Å². The van der Waals surface area contributed by atoms with Crippen LogP contribution in [0.4, 0.5) is 0 Å². The minimum atomic E-state index is 0.738. The maximum absolute atomic E-state index is 5.86. The van der Waals surface area contributed by atoms with Crippen LogP contribution in [-0.4, -0.2) is 16.2 Å². The van der Waals surface area contributed by atoms with Gasteiger partial charge in [-0.05, 0) is 68.7 Å². The molecule has 0 aliphatic heterocycles. The fourth-order valence-electron chi connectivity index (χ4n) is 3.56. The second-order valence-electron chi connectivity index (χ2n) is 6.51. The number of aryl methyl sites for hydroxylation is 1. The van der Waals surface area contributed by atoms with Crippen LogP contribution in [0.2, 0.25) is 0 Å². The molecule has 128 valence electrons. The number of benzene rings is 1. The van der Waals surface area contributed by atoms with Gasteiger partial charge < -0.3 is 9.30 Å². The van der Waals surface area contributed by atoms with Crippen LogP contribution in [0.15, 0.2) is 30.1 Å². The summed E-state index contributed by atoms with van der Waals surface area (Å²) < 4.78 is 8.08. The number of ether oxygens (including phenoxy) is 1. The van der Waals surface area contributed by atoms with Gasteiger partial charge in [0.15, 0.2) is 0 Å². The lowest BCUT2D eigenvalue weighted by atomic mass is 9.86. The Morgan fingerprint density at radius 2 is 2.00 bits per heavy atom. The first kappa shape index (κ1) is 16.8. The van der Waals surface area contributed by atoms with Gasteiger partial charge in [-0.2, -0.15) is 0 Å². The van der Waals surface area contributed by atoms with Gasteiger partial charge in [0.05, 0.1) is 6.61 Å². The Morgan fingerprint density at radius 1 is 1.21 bits per heavy atom. The molecule has 1 aromatic carbocycles. The molecule has 0 spiro atoms. The summed E-state index contributed by atoms with van der Waals surface area (Å²) in [6, 6.07) is 4.40. The Hall–Kier alpha value is -2.03. The molecule has 0 unspecified atom stereocenters. The van der Waals surface area contributed by atoms with Gasteiger partial charge in [0.2, 0.25) is 0 Å². The van der Waals surface area contributed by atoms with Gasteiger partial charge >= 0.3 is 0 Å². The van der Waals surface area contributed by atoms with E-state index >= 15 is 0 Å². The highest BCUT2D eigenvalue weighted by Gasteiger charge is 2.17. The molecule has 3 nitrogen and oxygen atoms in total. The van der Waals surface area contributed by atoms with Crippen LogP contribution in [0.3, 0.4) is 0 Å². The van der Waals surface area contributed by atoms with E-state index in [2.05, 4.69) is 54.7 Å². The van der Waals surface area contributed by atoms with Gasteiger partial charge in [-0.25, -0.2) is 4.98 Å². The van der Waals surface area contributed by atoms with Crippen molar-refractivity contribution in [2.75, 3.05) is 6.61 Å². The number of imidazole rings is 1. The molecule has 0 saturated carbocycles. The number of allylic oxidation sites excluding steroid dienone is 1. The highest BCUT2D eigenvalue weighted by molar-refractivity contribution is 5.62. The first-order valence-electron chi connectivity index (χ1n) is 9.17. The van der Waals surface area contributed by atoms with Crippen molar-refractivity contribution in [2.24, 2.45) is 0 Å². The predicted molar refractivity (Wildman–Crippen MR) is 99.5 cm³/mol. The minimum Gasteiger partial charge on any atom is -0.494 e. The molecule has 0 bridgehead atoms. The largest absolute Gasteiger partial charge is 0.494 e. The SMILES string of the molecule is CCOc1ccc(/C=C(\CC)Cn2ccnc2C)c2c1CCCC2. The highest BCUT2D eigenvalue weighted by Crippen LogP contribution is 2.33. The molecule has 0 atom stereocenters. The first-order chi connectivity index (χ1) is 11.7. The molecule has 1 aliphatic rings. The predicted octanol–water partition coefficient (Wildman–Crippen LogP) is 4.96. The van der Waals surface area contributed by atoms with Gasteiger partial charge in [0, 0.05) is 18.9 Å². The normalized spacial score (nSPS) is 14.5. The van der Waals surface area contributed by atoms with Crippen LogP contribution in [-0.2, 0) is 19.4 Å². The quantitative estimate of drug-likeness (QED) is 0.750. The first-order valence-corrected chi connectivity index (χ1v) is 9.17. The highest BCUT2D eigenvalue weighted by atomic mass is 16.5. The Bertz CT molecular complexity index is 727. The summed E-state index contributed by atoms with van der Waals surface area (Å²) in [7, 11) is 0. The van der Waals surface area contributed by atoms with Crippen LogP contribution in [0.25, 0.3) is 6.08 Å². The van der Waals surface area contributed by atoms with Crippen LogP contribution in [0, 0.1) is 6.92 Å². The number of aromatic nitrogens is 2. The molecule has 2 aromatic rings. The molecule has 24 heavy (non-hydrogen) atoms. The molecule has 3 heteroatoms. The lowest BCUT2D eigenvalue weighted by molar-refractivity contribution is 0.334.